The third-order valence-electron chi connectivity index (χ3n) is 2.58. The number of anilines is 1. The Morgan fingerprint density at radius 3 is 2.89 bits per heavy atom. The highest BCUT2D eigenvalue weighted by atomic mass is 19.1. The monoisotopic (exact) mass is 245 g/mol. The van der Waals surface area contributed by atoms with E-state index in [1.54, 1.807) is 11.0 Å². The Hall–Kier alpha value is -2.35. The van der Waals surface area contributed by atoms with Crippen molar-refractivity contribution < 1.29 is 9.13 Å². The molecule has 1 aromatic carbocycles. The lowest BCUT2D eigenvalue weighted by atomic mass is 10.2. The van der Waals surface area contributed by atoms with E-state index in [0.29, 0.717) is 23.3 Å². The molecule has 18 heavy (non-hydrogen) atoms. The predicted molar refractivity (Wildman–Crippen MR) is 68.2 cm³/mol. The second-order valence-electron chi connectivity index (χ2n) is 3.76. The van der Waals surface area contributed by atoms with Gasteiger partial charge in [0.25, 0.3) is 0 Å². The highest BCUT2D eigenvalue weighted by molar-refractivity contribution is 5.90. The zero-order valence-electron chi connectivity index (χ0n) is 10.1. The molecular formula is C13H12FN3O. The van der Waals surface area contributed by atoms with Crippen LogP contribution in [0.4, 0.5) is 10.2 Å². The number of fused-ring (bicyclic) bond motifs is 1. The lowest BCUT2D eigenvalue weighted by Crippen LogP contribution is -2.18. The fraction of sp³-hybridized carbons (Fsp3) is 0.231. The number of ether oxygens (including phenoxy) is 1. The SMILES string of the molecule is C#CCN(C)c1ncnc2cc(F)c(OC)cc12. The van der Waals surface area contributed by atoms with E-state index in [9.17, 15) is 4.39 Å². The van der Waals surface area contributed by atoms with Crippen molar-refractivity contribution in [3.8, 4) is 18.1 Å². The van der Waals surface area contributed by atoms with Crippen LogP contribution < -0.4 is 9.64 Å². The summed E-state index contributed by atoms with van der Waals surface area (Å²) >= 11 is 0. The number of benzene rings is 1. The minimum atomic E-state index is -0.450. The van der Waals surface area contributed by atoms with Gasteiger partial charge in [-0.05, 0) is 6.07 Å². The van der Waals surface area contributed by atoms with E-state index in [-0.39, 0.29) is 5.75 Å². The first kappa shape index (κ1) is 12.1. The van der Waals surface area contributed by atoms with Crippen LogP contribution >= 0.6 is 0 Å². The summed E-state index contributed by atoms with van der Waals surface area (Å²) in [6.45, 7) is 0.409. The number of rotatable bonds is 3. The molecule has 0 aliphatic carbocycles. The number of methoxy groups -OCH3 is 1. The predicted octanol–water partition coefficient (Wildman–Crippen LogP) is 1.85. The van der Waals surface area contributed by atoms with E-state index in [4.69, 9.17) is 11.2 Å². The number of hydrogen-bond donors (Lipinski definition) is 0. The second kappa shape index (κ2) is 4.88. The molecule has 5 heteroatoms. The van der Waals surface area contributed by atoms with Gasteiger partial charge >= 0.3 is 0 Å². The Bertz CT molecular complexity index is 621. The van der Waals surface area contributed by atoms with Gasteiger partial charge in [-0.2, -0.15) is 0 Å². The first-order chi connectivity index (χ1) is 8.67. The Balaban J connectivity index is 2.64. The molecule has 0 amide bonds. The fourth-order valence-electron chi connectivity index (χ4n) is 1.72. The number of terminal acetylenes is 1. The zero-order valence-corrected chi connectivity index (χ0v) is 10.1. The molecule has 1 aromatic heterocycles. The average Bonchev–Trinajstić information content (AvgIpc) is 2.37. The van der Waals surface area contributed by atoms with Gasteiger partial charge < -0.3 is 9.64 Å². The van der Waals surface area contributed by atoms with Gasteiger partial charge in [0, 0.05) is 18.5 Å². The van der Waals surface area contributed by atoms with Crippen LogP contribution in [-0.2, 0) is 0 Å². The maximum absolute atomic E-state index is 13.6. The topological polar surface area (TPSA) is 38.2 Å². The molecule has 0 spiro atoms. The largest absolute Gasteiger partial charge is 0.494 e. The molecule has 0 radical (unpaired) electrons. The Morgan fingerprint density at radius 2 is 2.22 bits per heavy atom. The molecule has 0 aliphatic heterocycles. The summed E-state index contributed by atoms with van der Waals surface area (Å²) in [7, 11) is 3.23. The van der Waals surface area contributed by atoms with Crippen LogP contribution in [0.5, 0.6) is 5.75 Å². The Labute approximate surface area is 104 Å². The molecule has 0 bridgehead atoms. The molecule has 1 heterocycles. The Morgan fingerprint density at radius 1 is 1.44 bits per heavy atom. The number of aromatic nitrogens is 2. The van der Waals surface area contributed by atoms with Crippen molar-refractivity contribution >= 4 is 16.7 Å². The molecule has 0 saturated carbocycles. The van der Waals surface area contributed by atoms with Crippen LogP contribution in [-0.4, -0.2) is 30.7 Å². The zero-order chi connectivity index (χ0) is 13.1. The molecule has 0 fully saturated rings. The summed E-state index contributed by atoms with van der Waals surface area (Å²) < 4.78 is 18.5. The number of halogens is 1. The molecule has 92 valence electrons. The summed E-state index contributed by atoms with van der Waals surface area (Å²) in [6, 6.07) is 2.90. The number of hydrogen-bond acceptors (Lipinski definition) is 4. The van der Waals surface area contributed by atoms with Crippen molar-refractivity contribution in [3.05, 3.63) is 24.3 Å². The van der Waals surface area contributed by atoms with E-state index < -0.39 is 5.82 Å². The van der Waals surface area contributed by atoms with E-state index >= 15 is 0 Å². The van der Waals surface area contributed by atoms with E-state index in [1.165, 1.54) is 19.5 Å². The molecule has 2 rings (SSSR count). The van der Waals surface area contributed by atoms with Crippen LogP contribution in [0.3, 0.4) is 0 Å². The second-order valence-corrected chi connectivity index (χ2v) is 3.76. The van der Waals surface area contributed by atoms with Gasteiger partial charge in [0.1, 0.15) is 12.1 Å². The van der Waals surface area contributed by atoms with Gasteiger partial charge in [-0.1, -0.05) is 5.92 Å². The van der Waals surface area contributed by atoms with Crippen LogP contribution in [0.2, 0.25) is 0 Å². The van der Waals surface area contributed by atoms with Crippen LogP contribution in [0.25, 0.3) is 10.9 Å². The van der Waals surface area contributed by atoms with Gasteiger partial charge in [-0.3, -0.25) is 0 Å². The summed E-state index contributed by atoms with van der Waals surface area (Å²) in [5, 5.41) is 0.702. The molecule has 4 nitrogen and oxygen atoms in total. The fourth-order valence-corrected chi connectivity index (χ4v) is 1.72. The molecule has 0 saturated heterocycles. The van der Waals surface area contributed by atoms with Crippen molar-refractivity contribution in [1.29, 1.82) is 0 Å². The van der Waals surface area contributed by atoms with Crippen molar-refractivity contribution in [2.45, 2.75) is 0 Å². The average molecular weight is 245 g/mol. The lowest BCUT2D eigenvalue weighted by molar-refractivity contribution is 0.387. The van der Waals surface area contributed by atoms with Crippen LogP contribution in [0.1, 0.15) is 0 Å². The molecular weight excluding hydrogens is 233 g/mol. The van der Waals surface area contributed by atoms with E-state index in [2.05, 4.69) is 15.9 Å². The minimum Gasteiger partial charge on any atom is -0.494 e. The first-order valence-electron chi connectivity index (χ1n) is 5.30. The molecule has 0 N–H and O–H groups in total. The maximum Gasteiger partial charge on any atom is 0.167 e. The van der Waals surface area contributed by atoms with E-state index in [1.807, 2.05) is 7.05 Å². The quantitative estimate of drug-likeness (QED) is 0.773. The summed E-state index contributed by atoms with van der Waals surface area (Å²) in [5.41, 5.74) is 0.516. The summed E-state index contributed by atoms with van der Waals surface area (Å²) in [6.07, 6.45) is 6.66. The third kappa shape index (κ3) is 2.05. The van der Waals surface area contributed by atoms with Crippen molar-refractivity contribution in [3.63, 3.8) is 0 Å². The summed E-state index contributed by atoms with van der Waals surface area (Å²) in [5.74, 6) is 2.89. The van der Waals surface area contributed by atoms with E-state index in [0.717, 1.165) is 0 Å². The van der Waals surface area contributed by atoms with Crippen LogP contribution in [0, 0.1) is 18.2 Å². The first-order valence-corrected chi connectivity index (χ1v) is 5.30. The summed E-state index contributed by atoms with van der Waals surface area (Å²) in [4.78, 5) is 10.0. The van der Waals surface area contributed by atoms with Crippen molar-refractivity contribution in [2.24, 2.45) is 0 Å². The lowest BCUT2D eigenvalue weighted by Gasteiger charge is -2.17. The standard InChI is InChI=1S/C13H12FN3O/c1-4-5-17(2)13-9-6-12(18-3)10(14)7-11(9)15-8-16-13/h1,6-8H,5H2,2-3H3. The van der Waals surface area contributed by atoms with Gasteiger partial charge in [-0.25, -0.2) is 14.4 Å². The normalized spacial score (nSPS) is 10.1. The molecule has 2 aromatic rings. The maximum atomic E-state index is 13.6. The van der Waals surface area contributed by atoms with Gasteiger partial charge in [-0.15, -0.1) is 6.42 Å². The molecule has 0 aliphatic rings. The highest BCUT2D eigenvalue weighted by Gasteiger charge is 2.12. The number of nitrogens with zero attached hydrogens (tertiary/aromatic N) is 3. The van der Waals surface area contributed by atoms with Gasteiger partial charge in [0.05, 0.1) is 19.2 Å². The van der Waals surface area contributed by atoms with Crippen LogP contribution in [0.15, 0.2) is 18.5 Å². The molecule has 0 unspecified atom stereocenters. The highest BCUT2D eigenvalue weighted by Crippen LogP contribution is 2.28. The third-order valence-corrected chi connectivity index (χ3v) is 2.58. The Kier molecular flexibility index (Phi) is 3.28. The van der Waals surface area contributed by atoms with Crippen molar-refractivity contribution in [1.82, 2.24) is 9.97 Å². The minimum absolute atomic E-state index is 0.160. The van der Waals surface area contributed by atoms with Crippen molar-refractivity contribution in [2.75, 3.05) is 25.6 Å². The smallest absolute Gasteiger partial charge is 0.167 e. The van der Waals surface area contributed by atoms with Gasteiger partial charge in [0.15, 0.2) is 11.6 Å². The van der Waals surface area contributed by atoms with Gasteiger partial charge in [0.2, 0.25) is 0 Å². The molecule has 0 atom stereocenters.